The fourth-order valence-electron chi connectivity index (χ4n) is 1.92. The number of hydrogen-bond acceptors (Lipinski definition) is 2. The lowest BCUT2D eigenvalue weighted by atomic mass is 10.1. The monoisotopic (exact) mass is 437 g/mol. The molecule has 1 aromatic carbocycles. The Morgan fingerprint density at radius 1 is 1.30 bits per heavy atom. The molecule has 0 saturated carbocycles. The summed E-state index contributed by atoms with van der Waals surface area (Å²) in [6, 6.07) is 5.25. The minimum atomic E-state index is -0.184. The summed E-state index contributed by atoms with van der Waals surface area (Å²) >= 11 is 0. The number of nitrogens with zero attached hydrogens (tertiary/aromatic N) is 1. The van der Waals surface area contributed by atoms with Crippen molar-refractivity contribution in [2.75, 3.05) is 26.8 Å². The van der Waals surface area contributed by atoms with Gasteiger partial charge in [-0.05, 0) is 37.0 Å². The van der Waals surface area contributed by atoms with Crippen LogP contribution in [-0.2, 0) is 4.74 Å². The van der Waals surface area contributed by atoms with Crippen LogP contribution in [0.4, 0.5) is 4.39 Å². The Kier molecular flexibility index (Phi) is 11.2. The van der Waals surface area contributed by atoms with Gasteiger partial charge in [-0.1, -0.05) is 26.0 Å². The first-order valence-corrected chi connectivity index (χ1v) is 7.75. The van der Waals surface area contributed by atoms with Crippen molar-refractivity contribution in [2.24, 2.45) is 10.9 Å². The molecule has 1 rings (SSSR count). The van der Waals surface area contributed by atoms with E-state index in [1.807, 2.05) is 13.0 Å². The predicted molar refractivity (Wildman–Crippen MR) is 105 cm³/mol. The first-order chi connectivity index (χ1) is 10.4. The summed E-state index contributed by atoms with van der Waals surface area (Å²) in [6.07, 6.45) is 0. The van der Waals surface area contributed by atoms with E-state index in [4.69, 9.17) is 4.74 Å². The van der Waals surface area contributed by atoms with Crippen molar-refractivity contribution in [3.05, 3.63) is 35.1 Å². The zero-order chi connectivity index (χ0) is 16.5. The van der Waals surface area contributed by atoms with E-state index in [0.29, 0.717) is 30.6 Å². The molecule has 23 heavy (non-hydrogen) atoms. The van der Waals surface area contributed by atoms with Crippen molar-refractivity contribution in [1.82, 2.24) is 10.6 Å². The quantitative estimate of drug-likeness (QED) is 0.296. The van der Waals surface area contributed by atoms with Crippen LogP contribution >= 0.6 is 24.0 Å². The smallest absolute Gasteiger partial charge is 0.191 e. The number of hydrogen-bond donors (Lipinski definition) is 2. The van der Waals surface area contributed by atoms with Crippen molar-refractivity contribution in [1.29, 1.82) is 0 Å². The highest BCUT2D eigenvalue weighted by molar-refractivity contribution is 14.0. The lowest BCUT2D eigenvalue weighted by molar-refractivity contribution is 0.114. The fraction of sp³-hybridized carbons (Fsp3) is 0.588. The van der Waals surface area contributed by atoms with Gasteiger partial charge in [0.2, 0.25) is 0 Å². The van der Waals surface area contributed by atoms with Crippen LogP contribution in [0.3, 0.4) is 0 Å². The summed E-state index contributed by atoms with van der Waals surface area (Å²) < 4.78 is 19.1. The van der Waals surface area contributed by atoms with Crippen molar-refractivity contribution in [2.45, 2.75) is 33.7 Å². The van der Waals surface area contributed by atoms with Crippen LogP contribution in [0, 0.1) is 18.7 Å². The molecule has 0 heterocycles. The molecule has 2 N–H and O–H groups in total. The second-order valence-electron chi connectivity index (χ2n) is 5.84. The SMILES string of the molecule is CN=C(NCCOCC(C)C)NC(C)c1ccc(C)c(F)c1.I. The van der Waals surface area contributed by atoms with Crippen molar-refractivity contribution < 1.29 is 9.13 Å². The van der Waals surface area contributed by atoms with Crippen LogP contribution in [0.2, 0.25) is 0 Å². The van der Waals surface area contributed by atoms with Crippen molar-refractivity contribution >= 4 is 29.9 Å². The highest BCUT2D eigenvalue weighted by atomic mass is 127. The van der Waals surface area contributed by atoms with Gasteiger partial charge in [-0.25, -0.2) is 4.39 Å². The Balaban J connectivity index is 0.00000484. The molecule has 0 bridgehead atoms. The highest BCUT2D eigenvalue weighted by Gasteiger charge is 2.09. The minimum absolute atomic E-state index is 0. The average molecular weight is 437 g/mol. The van der Waals surface area contributed by atoms with Crippen LogP contribution in [-0.4, -0.2) is 32.8 Å². The van der Waals surface area contributed by atoms with Gasteiger partial charge in [0.25, 0.3) is 0 Å². The normalized spacial score (nSPS) is 12.7. The number of nitrogens with one attached hydrogen (secondary N) is 2. The van der Waals surface area contributed by atoms with Gasteiger partial charge in [-0.2, -0.15) is 0 Å². The molecule has 0 aliphatic carbocycles. The Hall–Kier alpha value is -0.890. The zero-order valence-electron chi connectivity index (χ0n) is 14.6. The van der Waals surface area contributed by atoms with Crippen LogP contribution in [0.5, 0.6) is 0 Å². The summed E-state index contributed by atoms with van der Waals surface area (Å²) in [5, 5.41) is 6.44. The summed E-state index contributed by atoms with van der Waals surface area (Å²) in [6.45, 7) is 10.0. The third-order valence-electron chi connectivity index (χ3n) is 3.26. The maximum atomic E-state index is 13.6. The van der Waals surface area contributed by atoms with Gasteiger partial charge in [0, 0.05) is 20.2 Å². The summed E-state index contributed by atoms with van der Waals surface area (Å²) in [7, 11) is 1.72. The van der Waals surface area contributed by atoms with Gasteiger partial charge in [-0.3, -0.25) is 4.99 Å². The average Bonchev–Trinajstić information content (AvgIpc) is 2.47. The predicted octanol–water partition coefficient (Wildman–Crippen LogP) is 3.65. The zero-order valence-corrected chi connectivity index (χ0v) is 17.0. The Bertz CT molecular complexity index is 495. The topological polar surface area (TPSA) is 45.7 Å². The Morgan fingerprint density at radius 2 is 2.00 bits per heavy atom. The molecule has 6 heteroatoms. The van der Waals surface area contributed by atoms with E-state index in [0.717, 1.165) is 12.2 Å². The Labute approximate surface area is 156 Å². The lowest BCUT2D eigenvalue weighted by Crippen LogP contribution is -2.40. The molecule has 0 amide bonds. The van der Waals surface area contributed by atoms with Crippen LogP contribution in [0.1, 0.15) is 37.9 Å². The number of halogens is 2. The van der Waals surface area contributed by atoms with E-state index in [9.17, 15) is 4.39 Å². The molecule has 0 aliphatic heterocycles. The molecule has 1 aromatic rings. The van der Waals surface area contributed by atoms with Crippen molar-refractivity contribution in [3.63, 3.8) is 0 Å². The molecule has 4 nitrogen and oxygen atoms in total. The van der Waals surface area contributed by atoms with Crippen LogP contribution in [0.15, 0.2) is 23.2 Å². The third kappa shape index (κ3) is 8.50. The first kappa shape index (κ1) is 22.1. The largest absolute Gasteiger partial charge is 0.379 e. The van der Waals surface area contributed by atoms with Crippen LogP contribution < -0.4 is 10.6 Å². The number of guanidine groups is 1. The van der Waals surface area contributed by atoms with E-state index < -0.39 is 0 Å². The molecular formula is C17H29FIN3O. The molecule has 0 aromatic heterocycles. The molecule has 0 radical (unpaired) electrons. The van der Waals surface area contributed by atoms with Gasteiger partial charge in [0.1, 0.15) is 5.82 Å². The minimum Gasteiger partial charge on any atom is -0.379 e. The first-order valence-electron chi connectivity index (χ1n) is 7.75. The van der Waals surface area contributed by atoms with Crippen LogP contribution in [0.25, 0.3) is 0 Å². The Morgan fingerprint density at radius 3 is 2.57 bits per heavy atom. The molecule has 132 valence electrons. The van der Waals surface area contributed by atoms with Gasteiger partial charge in [0.05, 0.1) is 12.6 Å². The molecule has 1 unspecified atom stereocenters. The van der Waals surface area contributed by atoms with Gasteiger partial charge in [0.15, 0.2) is 5.96 Å². The summed E-state index contributed by atoms with van der Waals surface area (Å²) in [5.41, 5.74) is 1.54. The van der Waals surface area contributed by atoms with E-state index in [2.05, 4.69) is 29.5 Å². The summed E-state index contributed by atoms with van der Waals surface area (Å²) in [4.78, 5) is 4.17. The van der Waals surface area contributed by atoms with Gasteiger partial charge >= 0.3 is 0 Å². The molecule has 0 saturated heterocycles. The number of ether oxygens (including phenoxy) is 1. The molecule has 0 fully saturated rings. The van der Waals surface area contributed by atoms with Gasteiger partial charge in [-0.15, -0.1) is 24.0 Å². The van der Waals surface area contributed by atoms with Gasteiger partial charge < -0.3 is 15.4 Å². The molecule has 0 aliphatic rings. The second-order valence-corrected chi connectivity index (χ2v) is 5.84. The standard InChI is InChI=1S/C17H28FN3O.HI/c1-12(2)11-22-9-8-20-17(19-5)21-14(4)15-7-6-13(3)16(18)10-15;/h6-7,10,12,14H,8-9,11H2,1-5H3,(H2,19,20,21);1H. The molecule has 1 atom stereocenters. The lowest BCUT2D eigenvalue weighted by Gasteiger charge is -2.19. The fourth-order valence-corrected chi connectivity index (χ4v) is 1.92. The second kappa shape index (κ2) is 11.6. The maximum absolute atomic E-state index is 13.6. The van der Waals surface area contributed by atoms with Crippen molar-refractivity contribution in [3.8, 4) is 0 Å². The van der Waals surface area contributed by atoms with E-state index in [1.165, 1.54) is 0 Å². The highest BCUT2D eigenvalue weighted by Crippen LogP contribution is 2.16. The summed E-state index contributed by atoms with van der Waals surface area (Å²) in [5.74, 6) is 1.03. The van der Waals surface area contributed by atoms with E-state index in [-0.39, 0.29) is 35.8 Å². The third-order valence-corrected chi connectivity index (χ3v) is 3.26. The number of aliphatic imine (C=N–C) groups is 1. The van der Waals surface area contributed by atoms with E-state index in [1.54, 1.807) is 26.1 Å². The number of rotatable bonds is 7. The molecular weight excluding hydrogens is 408 g/mol. The number of aryl methyl sites for hydroxylation is 1. The molecule has 0 spiro atoms. The van der Waals surface area contributed by atoms with E-state index >= 15 is 0 Å². The maximum Gasteiger partial charge on any atom is 0.191 e. The number of benzene rings is 1.